The van der Waals surface area contributed by atoms with Gasteiger partial charge in [0.2, 0.25) is 0 Å². The summed E-state index contributed by atoms with van der Waals surface area (Å²) in [6.07, 6.45) is -0.822. The Balaban J connectivity index is 2.24. The first-order valence-corrected chi connectivity index (χ1v) is 9.61. The average Bonchev–Trinajstić information content (AvgIpc) is 2.64. The van der Waals surface area contributed by atoms with Crippen LogP contribution in [0.3, 0.4) is 0 Å². The van der Waals surface area contributed by atoms with Crippen LogP contribution in [0.5, 0.6) is 0 Å². The molecule has 0 amide bonds. The zero-order valence-corrected chi connectivity index (χ0v) is 17.1. The van der Waals surface area contributed by atoms with Crippen LogP contribution in [0.1, 0.15) is 43.5 Å². The van der Waals surface area contributed by atoms with E-state index in [9.17, 15) is 9.90 Å². The van der Waals surface area contributed by atoms with E-state index in [0.29, 0.717) is 6.42 Å². The van der Waals surface area contributed by atoms with E-state index in [-0.39, 0.29) is 0 Å². The summed E-state index contributed by atoms with van der Waals surface area (Å²) in [6.45, 7) is 7.39. The van der Waals surface area contributed by atoms with Gasteiger partial charge in [-0.3, -0.25) is 4.79 Å². The number of ether oxygens (including phenoxy) is 1. The fraction of sp³-hybridized carbons (Fsp3) is 0.435. The number of aryl methyl sites for hydroxylation is 1. The lowest BCUT2D eigenvalue weighted by Crippen LogP contribution is -2.50. The Hall–Kier alpha value is -2.21. The zero-order chi connectivity index (χ0) is 20.9. The number of aliphatic hydroxyl groups excluding tert-OH is 1. The van der Waals surface area contributed by atoms with Gasteiger partial charge in [0.1, 0.15) is 5.60 Å². The molecule has 5 nitrogen and oxygen atoms in total. The summed E-state index contributed by atoms with van der Waals surface area (Å²) in [7, 11) is 0. The highest BCUT2D eigenvalue weighted by Crippen LogP contribution is 2.24. The second kappa shape index (κ2) is 9.32. The fourth-order valence-electron chi connectivity index (χ4n) is 3.08. The molecule has 28 heavy (non-hydrogen) atoms. The summed E-state index contributed by atoms with van der Waals surface area (Å²) in [5, 5.41) is 11.0. The van der Waals surface area contributed by atoms with Gasteiger partial charge in [0.25, 0.3) is 0 Å². The Bertz CT molecular complexity index is 754. The number of rotatable bonds is 7. The second-order valence-corrected chi connectivity index (χ2v) is 8.33. The predicted octanol–water partition coefficient (Wildman–Crippen LogP) is 2.88. The Morgan fingerprint density at radius 1 is 1.04 bits per heavy atom. The molecule has 0 heterocycles. The molecule has 5 heteroatoms. The smallest absolute Gasteiger partial charge is 0.312 e. The van der Waals surface area contributed by atoms with E-state index in [1.54, 1.807) is 20.8 Å². The molecule has 4 atom stereocenters. The highest BCUT2D eigenvalue weighted by atomic mass is 16.6. The van der Waals surface area contributed by atoms with Crippen molar-refractivity contribution in [2.75, 3.05) is 0 Å². The molecular weight excluding hydrogens is 352 g/mol. The summed E-state index contributed by atoms with van der Waals surface area (Å²) < 4.78 is 5.55. The van der Waals surface area contributed by atoms with E-state index in [4.69, 9.17) is 16.2 Å². The van der Waals surface area contributed by atoms with Crippen LogP contribution in [0.15, 0.2) is 54.6 Å². The normalized spacial score (nSPS) is 16.1. The standard InChI is InChI=1S/C23H32N2O3/c1-15-10-12-17(13-11-15)19(24)20(25)21(26)18(22(27)28-23(2,3)4)14-16-8-6-5-7-9-16/h5-13,18-21,26H,14,24-25H2,1-4H3. The van der Waals surface area contributed by atoms with Crippen molar-refractivity contribution in [1.29, 1.82) is 0 Å². The quantitative estimate of drug-likeness (QED) is 0.638. The number of benzene rings is 2. The average molecular weight is 385 g/mol. The fourth-order valence-corrected chi connectivity index (χ4v) is 3.08. The molecule has 0 aromatic heterocycles. The number of aliphatic hydroxyl groups is 1. The number of hydrogen-bond acceptors (Lipinski definition) is 5. The van der Waals surface area contributed by atoms with Crippen molar-refractivity contribution >= 4 is 5.97 Å². The lowest BCUT2D eigenvalue weighted by molar-refractivity contribution is -0.164. The van der Waals surface area contributed by atoms with Crippen molar-refractivity contribution < 1.29 is 14.6 Å². The highest BCUT2D eigenvalue weighted by Gasteiger charge is 2.37. The van der Waals surface area contributed by atoms with Crippen LogP contribution >= 0.6 is 0 Å². The largest absolute Gasteiger partial charge is 0.460 e. The summed E-state index contributed by atoms with van der Waals surface area (Å²) in [5.41, 5.74) is 14.8. The first-order chi connectivity index (χ1) is 13.1. The lowest BCUT2D eigenvalue weighted by Gasteiger charge is -2.32. The minimum atomic E-state index is -1.15. The number of hydrogen-bond donors (Lipinski definition) is 3. The molecule has 0 radical (unpaired) electrons. The van der Waals surface area contributed by atoms with Crippen LogP contribution in [0.2, 0.25) is 0 Å². The maximum atomic E-state index is 12.8. The molecule has 0 aliphatic carbocycles. The van der Waals surface area contributed by atoms with Crippen molar-refractivity contribution in [3.05, 3.63) is 71.3 Å². The van der Waals surface area contributed by atoms with Crippen LogP contribution in [-0.4, -0.2) is 28.8 Å². The molecule has 0 spiro atoms. The van der Waals surface area contributed by atoms with Crippen LogP contribution < -0.4 is 11.5 Å². The molecule has 2 aromatic rings. The van der Waals surface area contributed by atoms with Gasteiger partial charge in [-0.25, -0.2) is 0 Å². The van der Waals surface area contributed by atoms with Gasteiger partial charge in [0.15, 0.2) is 0 Å². The molecule has 0 fully saturated rings. The lowest BCUT2D eigenvalue weighted by atomic mass is 9.85. The minimum Gasteiger partial charge on any atom is -0.460 e. The molecule has 2 rings (SSSR count). The van der Waals surface area contributed by atoms with Gasteiger partial charge in [-0.05, 0) is 45.2 Å². The predicted molar refractivity (Wildman–Crippen MR) is 112 cm³/mol. The topological polar surface area (TPSA) is 98.6 Å². The maximum Gasteiger partial charge on any atom is 0.312 e. The van der Waals surface area contributed by atoms with Crippen molar-refractivity contribution in [2.45, 2.75) is 57.9 Å². The maximum absolute atomic E-state index is 12.8. The van der Waals surface area contributed by atoms with Crippen molar-refractivity contribution in [3.63, 3.8) is 0 Å². The van der Waals surface area contributed by atoms with Gasteiger partial charge in [0, 0.05) is 6.04 Å². The van der Waals surface area contributed by atoms with Gasteiger partial charge >= 0.3 is 5.97 Å². The molecule has 4 unspecified atom stereocenters. The third-order valence-electron chi connectivity index (χ3n) is 4.69. The van der Waals surface area contributed by atoms with E-state index >= 15 is 0 Å². The third kappa shape index (κ3) is 6.16. The molecule has 0 saturated heterocycles. The van der Waals surface area contributed by atoms with Crippen LogP contribution in [0.25, 0.3) is 0 Å². The van der Waals surface area contributed by atoms with E-state index in [1.807, 2.05) is 61.5 Å². The number of nitrogens with two attached hydrogens (primary N) is 2. The molecule has 0 aliphatic rings. The molecule has 0 aliphatic heterocycles. The van der Waals surface area contributed by atoms with E-state index in [1.165, 1.54) is 0 Å². The van der Waals surface area contributed by atoms with Crippen LogP contribution in [0.4, 0.5) is 0 Å². The molecule has 5 N–H and O–H groups in total. The third-order valence-corrected chi connectivity index (χ3v) is 4.69. The highest BCUT2D eigenvalue weighted by molar-refractivity contribution is 5.74. The SMILES string of the molecule is Cc1ccc(C(N)C(N)C(O)C(Cc2ccccc2)C(=O)OC(C)(C)C)cc1. The molecule has 0 bridgehead atoms. The van der Waals surface area contributed by atoms with Crippen molar-refractivity contribution in [1.82, 2.24) is 0 Å². The van der Waals surface area contributed by atoms with Gasteiger partial charge in [-0.1, -0.05) is 60.2 Å². The van der Waals surface area contributed by atoms with Gasteiger partial charge in [-0.2, -0.15) is 0 Å². The van der Waals surface area contributed by atoms with Crippen molar-refractivity contribution in [2.24, 2.45) is 17.4 Å². The van der Waals surface area contributed by atoms with Gasteiger partial charge < -0.3 is 21.3 Å². The van der Waals surface area contributed by atoms with Gasteiger partial charge in [0.05, 0.1) is 18.1 Å². The summed E-state index contributed by atoms with van der Waals surface area (Å²) in [5.74, 6) is -1.29. The monoisotopic (exact) mass is 384 g/mol. The number of esters is 1. The molecule has 0 saturated carbocycles. The Morgan fingerprint density at radius 3 is 2.14 bits per heavy atom. The Kier molecular flexibility index (Phi) is 7.35. The minimum absolute atomic E-state index is 0.325. The van der Waals surface area contributed by atoms with E-state index in [2.05, 4.69) is 0 Å². The van der Waals surface area contributed by atoms with Crippen LogP contribution in [0, 0.1) is 12.8 Å². The molecule has 152 valence electrons. The molecule has 2 aromatic carbocycles. The second-order valence-electron chi connectivity index (χ2n) is 8.33. The van der Waals surface area contributed by atoms with E-state index < -0.39 is 35.7 Å². The number of carbonyl (C=O) groups is 1. The Labute approximate surface area is 167 Å². The van der Waals surface area contributed by atoms with Crippen molar-refractivity contribution in [3.8, 4) is 0 Å². The van der Waals surface area contributed by atoms with Gasteiger partial charge in [-0.15, -0.1) is 0 Å². The first kappa shape index (κ1) is 22.1. The Morgan fingerprint density at radius 2 is 1.61 bits per heavy atom. The number of carbonyl (C=O) groups excluding carboxylic acids is 1. The summed E-state index contributed by atoms with van der Waals surface area (Å²) in [4.78, 5) is 12.8. The van der Waals surface area contributed by atoms with E-state index in [0.717, 1.165) is 16.7 Å². The summed E-state index contributed by atoms with van der Waals surface area (Å²) >= 11 is 0. The zero-order valence-electron chi connectivity index (χ0n) is 17.1. The van der Waals surface area contributed by atoms with Crippen LogP contribution in [-0.2, 0) is 16.0 Å². The first-order valence-electron chi connectivity index (χ1n) is 9.61. The summed E-state index contributed by atoms with van der Waals surface area (Å²) in [6, 6.07) is 15.8. The molecular formula is C23H32N2O3.